The van der Waals surface area contributed by atoms with Crippen molar-refractivity contribution in [2.45, 2.75) is 0 Å². The summed E-state index contributed by atoms with van der Waals surface area (Å²) in [7, 11) is 1.94. The van der Waals surface area contributed by atoms with E-state index in [4.69, 9.17) is 10.8 Å². The summed E-state index contributed by atoms with van der Waals surface area (Å²) in [6.07, 6.45) is 1.91. The average molecular weight is 188 g/mol. The molecular weight excluding hydrogens is 176 g/mol. The highest BCUT2D eigenvalue weighted by molar-refractivity contribution is 5.73. The Kier molecular flexibility index (Phi) is 1.93. The molecule has 3 N–H and O–H groups in total. The van der Waals surface area contributed by atoms with E-state index in [-0.39, 0.29) is 5.75 Å². The minimum absolute atomic E-state index is 0.265. The minimum Gasteiger partial charge on any atom is -0.508 e. The van der Waals surface area contributed by atoms with Crippen molar-refractivity contribution < 1.29 is 5.11 Å². The highest BCUT2D eigenvalue weighted by atomic mass is 16.3. The first-order chi connectivity index (χ1) is 6.68. The number of nitrogens with zero attached hydrogens (tertiary/aromatic N) is 1. The second-order valence-corrected chi connectivity index (χ2v) is 3.28. The Morgan fingerprint density at radius 1 is 1.14 bits per heavy atom. The fraction of sp³-hybridized carbons (Fsp3) is 0.0909. The van der Waals surface area contributed by atoms with Crippen molar-refractivity contribution in [3.05, 3.63) is 36.5 Å². The summed E-state index contributed by atoms with van der Waals surface area (Å²) >= 11 is 0. The van der Waals surface area contributed by atoms with Gasteiger partial charge in [0.15, 0.2) is 0 Å². The highest BCUT2D eigenvalue weighted by Crippen LogP contribution is 2.27. The molecule has 0 bridgehead atoms. The van der Waals surface area contributed by atoms with E-state index >= 15 is 0 Å². The van der Waals surface area contributed by atoms with Gasteiger partial charge in [-0.25, -0.2) is 0 Å². The lowest BCUT2D eigenvalue weighted by Crippen LogP contribution is -1.93. The SMILES string of the molecule is Cn1ccc(N)c1-c1ccc(O)cc1. The van der Waals surface area contributed by atoms with E-state index in [1.807, 2.05) is 36.0 Å². The van der Waals surface area contributed by atoms with E-state index in [2.05, 4.69) is 0 Å². The first-order valence-electron chi connectivity index (χ1n) is 4.38. The average Bonchev–Trinajstić information content (AvgIpc) is 2.49. The van der Waals surface area contributed by atoms with Gasteiger partial charge in [0.25, 0.3) is 0 Å². The third-order valence-electron chi connectivity index (χ3n) is 2.24. The molecule has 1 heterocycles. The van der Waals surface area contributed by atoms with Crippen LogP contribution >= 0.6 is 0 Å². The lowest BCUT2D eigenvalue weighted by molar-refractivity contribution is 0.475. The molecule has 2 rings (SSSR count). The van der Waals surface area contributed by atoms with Crippen molar-refractivity contribution in [1.82, 2.24) is 4.57 Å². The number of phenolic OH excluding ortho intramolecular Hbond substituents is 1. The maximum absolute atomic E-state index is 9.15. The summed E-state index contributed by atoms with van der Waals surface area (Å²) in [5, 5.41) is 9.15. The van der Waals surface area contributed by atoms with Crippen molar-refractivity contribution in [2.75, 3.05) is 5.73 Å². The van der Waals surface area contributed by atoms with Crippen molar-refractivity contribution in [2.24, 2.45) is 7.05 Å². The largest absolute Gasteiger partial charge is 0.508 e. The van der Waals surface area contributed by atoms with Gasteiger partial charge in [0.1, 0.15) is 5.75 Å². The van der Waals surface area contributed by atoms with Crippen LogP contribution < -0.4 is 5.73 Å². The number of phenols is 1. The highest BCUT2D eigenvalue weighted by Gasteiger charge is 2.05. The molecule has 0 atom stereocenters. The summed E-state index contributed by atoms with van der Waals surface area (Å²) in [5.74, 6) is 0.265. The molecule has 0 saturated heterocycles. The lowest BCUT2D eigenvalue weighted by atomic mass is 10.1. The fourth-order valence-electron chi connectivity index (χ4n) is 1.54. The van der Waals surface area contributed by atoms with E-state index in [9.17, 15) is 0 Å². The summed E-state index contributed by atoms with van der Waals surface area (Å²) < 4.78 is 1.96. The van der Waals surface area contributed by atoms with E-state index < -0.39 is 0 Å². The number of aromatic nitrogens is 1. The second kappa shape index (κ2) is 3.10. The normalized spacial score (nSPS) is 10.4. The van der Waals surface area contributed by atoms with Gasteiger partial charge in [-0.3, -0.25) is 0 Å². The van der Waals surface area contributed by atoms with Crippen LogP contribution in [0.5, 0.6) is 5.75 Å². The number of hydrogen-bond acceptors (Lipinski definition) is 2. The number of nitrogen functional groups attached to an aromatic ring is 1. The van der Waals surface area contributed by atoms with Crippen LogP contribution in [0.1, 0.15) is 0 Å². The van der Waals surface area contributed by atoms with Gasteiger partial charge in [-0.05, 0) is 30.3 Å². The molecule has 0 radical (unpaired) electrons. The number of aryl methyl sites for hydroxylation is 1. The zero-order valence-electron chi connectivity index (χ0n) is 7.94. The molecule has 0 aliphatic rings. The molecule has 3 heteroatoms. The maximum atomic E-state index is 9.15. The van der Waals surface area contributed by atoms with Crippen LogP contribution in [0.4, 0.5) is 5.69 Å². The predicted molar refractivity (Wildman–Crippen MR) is 56.9 cm³/mol. The first-order valence-corrected chi connectivity index (χ1v) is 4.38. The molecule has 0 spiro atoms. The van der Waals surface area contributed by atoms with Crippen LogP contribution in [-0.2, 0) is 7.05 Å². The van der Waals surface area contributed by atoms with E-state index in [1.54, 1.807) is 12.1 Å². The molecule has 0 aliphatic carbocycles. The van der Waals surface area contributed by atoms with Crippen LogP contribution in [0.15, 0.2) is 36.5 Å². The molecule has 1 aromatic heterocycles. The third-order valence-corrected chi connectivity index (χ3v) is 2.24. The van der Waals surface area contributed by atoms with Gasteiger partial charge in [-0.2, -0.15) is 0 Å². The van der Waals surface area contributed by atoms with E-state index in [1.165, 1.54) is 0 Å². The van der Waals surface area contributed by atoms with Gasteiger partial charge in [0.05, 0.1) is 11.4 Å². The van der Waals surface area contributed by atoms with Crippen LogP contribution in [0, 0.1) is 0 Å². The second-order valence-electron chi connectivity index (χ2n) is 3.28. The molecule has 14 heavy (non-hydrogen) atoms. The van der Waals surface area contributed by atoms with Crippen molar-refractivity contribution in [3.63, 3.8) is 0 Å². The van der Waals surface area contributed by atoms with Crippen LogP contribution in [-0.4, -0.2) is 9.67 Å². The van der Waals surface area contributed by atoms with Crippen LogP contribution in [0.2, 0.25) is 0 Å². The Bertz CT molecular complexity index is 423. The Hall–Kier alpha value is -1.90. The number of benzene rings is 1. The molecule has 72 valence electrons. The van der Waals surface area contributed by atoms with E-state index in [0.29, 0.717) is 0 Å². The molecule has 0 unspecified atom stereocenters. The number of anilines is 1. The Morgan fingerprint density at radius 3 is 2.29 bits per heavy atom. The Labute approximate surface area is 82.4 Å². The third kappa shape index (κ3) is 1.33. The summed E-state index contributed by atoms with van der Waals surface area (Å²) in [5.41, 5.74) is 8.56. The summed E-state index contributed by atoms with van der Waals surface area (Å²) in [4.78, 5) is 0. The number of rotatable bonds is 1. The van der Waals surface area contributed by atoms with Crippen molar-refractivity contribution in [3.8, 4) is 17.0 Å². The molecule has 2 aromatic rings. The van der Waals surface area contributed by atoms with Gasteiger partial charge in [0.2, 0.25) is 0 Å². The van der Waals surface area contributed by atoms with Crippen LogP contribution in [0.25, 0.3) is 11.3 Å². The van der Waals surface area contributed by atoms with Crippen molar-refractivity contribution >= 4 is 5.69 Å². The topological polar surface area (TPSA) is 51.2 Å². The molecule has 3 nitrogen and oxygen atoms in total. The van der Waals surface area contributed by atoms with Gasteiger partial charge in [-0.1, -0.05) is 0 Å². The molecule has 0 saturated carbocycles. The molecule has 0 amide bonds. The lowest BCUT2D eigenvalue weighted by Gasteiger charge is -2.05. The van der Waals surface area contributed by atoms with Crippen LogP contribution in [0.3, 0.4) is 0 Å². The number of hydrogen-bond donors (Lipinski definition) is 2. The fourth-order valence-corrected chi connectivity index (χ4v) is 1.54. The van der Waals surface area contributed by atoms with Gasteiger partial charge in [0, 0.05) is 18.8 Å². The van der Waals surface area contributed by atoms with Crippen molar-refractivity contribution in [1.29, 1.82) is 0 Å². The smallest absolute Gasteiger partial charge is 0.115 e. The zero-order valence-corrected chi connectivity index (χ0v) is 7.94. The molecule has 0 fully saturated rings. The number of aromatic hydroxyl groups is 1. The standard InChI is InChI=1S/C11H12N2O/c1-13-7-6-10(12)11(13)8-2-4-9(14)5-3-8/h2-7,14H,12H2,1H3. The van der Waals surface area contributed by atoms with Gasteiger partial charge < -0.3 is 15.4 Å². The Balaban J connectivity index is 2.54. The molecular formula is C11H12N2O. The predicted octanol–water partition coefficient (Wildman–Crippen LogP) is 1.98. The summed E-state index contributed by atoms with van der Waals surface area (Å²) in [6, 6.07) is 8.87. The maximum Gasteiger partial charge on any atom is 0.115 e. The quantitative estimate of drug-likeness (QED) is 0.719. The number of nitrogens with two attached hydrogens (primary N) is 1. The minimum atomic E-state index is 0.265. The molecule has 1 aromatic carbocycles. The zero-order chi connectivity index (χ0) is 10.1. The van der Waals surface area contributed by atoms with Gasteiger partial charge >= 0.3 is 0 Å². The molecule has 0 aliphatic heterocycles. The Morgan fingerprint density at radius 2 is 1.79 bits per heavy atom. The first kappa shape index (κ1) is 8.69. The van der Waals surface area contributed by atoms with E-state index in [0.717, 1.165) is 16.9 Å². The summed E-state index contributed by atoms with van der Waals surface area (Å²) in [6.45, 7) is 0. The van der Waals surface area contributed by atoms with Gasteiger partial charge in [-0.15, -0.1) is 0 Å². The monoisotopic (exact) mass is 188 g/mol.